The van der Waals surface area contributed by atoms with Crippen LogP contribution in [0.15, 0.2) is 18.2 Å². The number of nitro benzene ring substituents is 1. The summed E-state index contributed by atoms with van der Waals surface area (Å²) in [5.41, 5.74) is 0.477. The van der Waals surface area contributed by atoms with Crippen LogP contribution in [0.5, 0.6) is 0 Å². The first kappa shape index (κ1) is 18.2. The first-order chi connectivity index (χ1) is 12.4. The third kappa shape index (κ3) is 4.50. The molecule has 1 amide bonds. The van der Waals surface area contributed by atoms with Gasteiger partial charge < -0.3 is 15.0 Å². The van der Waals surface area contributed by atoms with E-state index < -0.39 is 10.9 Å². The van der Waals surface area contributed by atoms with Crippen molar-refractivity contribution >= 4 is 23.3 Å². The van der Waals surface area contributed by atoms with Crippen LogP contribution in [-0.4, -0.2) is 42.5 Å². The number of benzene rings is 1. The minimum Gasteiger partial charge on any atom is -0.452 e. The zero-order valence-corrected chi connectivity index (χ0v) is 14.8. The van der Waals surface area contributed by atoms with Gasteiger partial charge in [-0.05, 0) is 43.7 Å². The Labute approximate surface area is 151 Å². The van der Waals surface area contributed by atoms with Crippen LogP contribution in [0.1, 0.15) is 43.0 Å². The van der Waals surface area contributed by atoms with E-state index >= 15 is 0 Å². The molecule has 2 aliphatic rings. The third-order valence-corrected chi connectivity index (χ3v) is 4.68. The number of nitro groups is 1. The van der Waals surface area contributed by atoms with E-state index in [1.807, 2.05) is 4.90 Å². The van der Waals surface area contributed by atoms with Crippen molar-refractivity contribution in [2.45, 2.75) is 38.6 Å². The summed E-state index contributed by atoms with van der Waals surface area (Å²) < 4.78 is 4.97. The fourth-order valence-corrected chi connectivity index (χ4v) is 3.18. The van der Waals surface area contributed by atoms with Crippen LogP contribution in [0.25, 0.3) is 0 Å². The molecule has 1 heterocycles. The summed E-state index contributed by atoms with van der Waals surface area (Å²) in [6.07, 6.45) is 3.99. The fourth-order valence-electron chi connectivity index (χ4n) is 3.18. The Hall–Kier alpha value is -2.64. The highest BCUT2D eigenvalue weighted by Crippen LogP contribution is 2.32. The number of hydrogen-bond donors (Lipinski definition) is 1. The Bertz CT molecular complexity index is 717. The summed E-state index contributed by atoms with van der Waals surface area (Å²) in [6, 6.07) is 4.53. The average molecular weight is 361 g/mol. The molecule has 0 bridgehead atoms. The molecule has 0 unspecified atom stereocenters. The van der Waals surface area contributed by atoms with Gasteiger partial charge in [-0.3, -0.25) is 14.9 Å². The van der Waals surface area contributed by atoms with Gasteiger partial charge >= 0.3 is 5.97 Å². The monoisotopic (exact) mass is 361 g/mol. The van der Waals surface area contributed by atoms with Crippen LogP contribution >= 0.6 is 0 Å². The molecule has 1 saturated heterocycles. The van der Waals surface area contributed by atoms with Crippen LogP contribution < -0.4 is 10.2 Å². The lowest BCUT2D eigenvalue weighted by atomic mass is 9.99. The minimum atomic E-state index is -0.738. The molecule has 1 aliphatic heterocycles. The van der Waals surface area contributed by atoms with Gasteiger partial charge in [0, 0.05) is 25.2 Å². The number of nitrogens with zero attached hydrogens (tertiary/aromatic N) is 2. The van der Waals surface area contributed by atoms with Gasteiger partial charge in [0.05, 0.1) is 10.5 Å². The molecular weight excluding hydrogens is 338 g/mol. The molecule has 1 aromatic carbocycles. The lowest BCUT2D eigenvalue weighted by Gasteiger charge is -2.32. The molecule has 140 valence electrons. The second-order valence-corrected chi connectivity index (χ2v) is 7.07. The van der Waals surface area contributed by atoms with Gasteiger partial charge in [0.1, 0.15) is 5.69 Å². The number of hydrogen-bond acceptors (Lipinski definition) is 6. The van der Waals surface area contributed by atoms with Gasteiger partial charge in [-0.25, -0.2) is 4.79 Å². The normalized spacial score (nSPS) is 19.7. The maximum atomic E-state index is 12.1. The third-order valence-electron chi connectivity index (χ3n) is 4.68. The quantitative estimate of drug-likeness (QED) is 0.474. The molecule has 0 spiro atoms. The van der Waals surface area contributed by atoms with E-state index in [0.717, 1.165) is 38.8 Å². The van der Waals surface area contributed by atoms with Gasteiger partial charge in [-0.2, -0.15) is 0 Å². The number of nitrogens with one attached hydrogen (secondary N) is 1. The number of ether oxygens (including phenoxy) is 1. The van der Waals surface area contributed by atoms with Gasteiger partial charge in [0.15, 0.2) is 6.61 Å². The Morgan fingerprint density at radius 3 is 2.77 bits per heavy atom. The van der Waals surface area contributed by atoms with E-state index in [2.05, 4.69) is 12.2 Å². The maximum absolute atomic E-state index is 12.1. The van der Waals surface area contributed by atoms with Gasteiger partial charge in [-0.15, -0.1) is 0 Å². The number of esters is 1. The molecule has 2 fully saturated rings. The predicted octanol–water partition coefficient (Wildman–Crippen LogP) is 2.27. The van der Waals surface area contributed by atoms with Crippen molar-refractivity contribution in [3.63, 3.8) is 0 Å². The number of carbonyl (C=O) groups excluding carboxylic acids is 2. The molecule has 1 aliphatic carbocycles. The van der Waals surface area contributed by atoms with Crippen molar-refractivity contribution in [2.24, 2.45) is 5.92 Å². The molecule has 3 rings (SSSR count). The molecule has 1 N–H and O–H groups in total. The second kappa shape index (κ2) is 7.72. The predicted molar refractivity (Wildman–Crippen MR) is 95.2 cm³/mol. The van der Waals surface area contributed by atoms with Crippen LogP contribution in [0.3, 0.4) is 0 Å². The van der Waals surface area contributed by atoms with Crippen LogP contribution in [0.2, 0.25) is 0 Å². The zero-order valence-electron chi connectivity index (χ0n) is 14.8. The Morgan fingerprint density at radius 1 is 1.35 bits per heavy atom. The van der Waals surface area contributed by atoms with Crippen molar-refractivity contribution in [3.8, 4) is 0 Å². The topological polar surface area (TPSA) is 102 Å². The summed E-state index contributed by atoms with van der Waals surface area (Å²) in [4.78, 5) is 36.7. The molecule has 8 heteroatoms. The highest BCUT2D eigenvalue weighted by Gasteiger charge is 2.26. The van der Waals surface area contributed by atoms with Crippen molar-refractivity contribution in [3.05, 3.63) is 33.9 Å². The first-order valence-electron chi connectivity index (χ1n) is 8.94. The number of carbonyl (C=O) groups is 2. The van der Waals surface area contributed by atoms with Crippen LogP contribution in [-0.2, 0) is 9.53 Å². The first-order valence-corrected chi connectivity index (χ1v) is 8.94. The van der Waals surface area contributed by atoms with E-state index in [1.54, 1.807) is 6.07 Å². The highest BCUT2D eigenvalue weighted by atomic mass is 16.6. The molecule has 0 aromatic heterocycles. The second-order valence-electron chi connectivity index (χ2n) is 7.07. The lowest BCUT2D eigenvalue weighted by Crippen LogP contribution is -2.34. The highest BCUT2D eigenvalue weighted by molar-refractivity contribution is 5.93. The van der Waals surface area contributed by atoms with Gasteiger partial charge in [-0.1, -0.05) is 6.92 Å². The van der Waals surface area contributed by atoms with Crippen molar-refractivity contribution in [2.75, 3.05) is 24.6 Å². The summed E-state index contributed by atoms with van der Waals surface area (Å²) in [7, 11) is 0. The van der Waals surface area contributed by atoms with E-state index in [0.29, 0.717) is 11.6 Å². The SMILES string of the molecule is C[C@H]1CCCN(c2ccc(C(=O)OCC(=O)NC3CC3)cc2[N+](=O)[O-])C1. The van der Waals surface area contributed by atoms with Gasteiger partial charge in [0.25, 0.3) is 11.6 Å². The Kier molecular flexibility index (Phi) is 5.39. The summed E-state index contributed by atoms with van der Waals surface area (Å²) in [5.74, 6) is -0.621. The van der Waals surface area contributed by atoms with E-state index in [-0.39, 0.29) is 29.8 Å². The number of piperidine rings is 1. The van der Waals surface area contributed by atoms with Crippen LogP contribution in [0, 0.1) is 16.0 Å². The van der Waals surface area contributed by atoms with E-state index in [9.17, 15) is 19.7 Å². The minimum absolute atomic E-state index is 0.0738. The summed E-state index contributed by atoms with van der Waals surface area (Å²) in [6.45, 7) is 3.26. The fraction of sp³-hybridized carbons (Fsp3) is 0.556. The zero-order chi connectivity index (χ0) is 18.7. The largest absolute Gasteiger partial charge is 0.452 e. The Balaban J connectivity index is 1.69. The number of amides is 1. The molecule has 8 nitrogen and oxygen atoms in total. The molecule has 0 radical (unpaired) electrons. The van der Waals surface area contributed by atoms with E-state index in [4.69, 9.17) is 4.74 Å². The van der Waals surface area contributed by atoms with Crippen molar-refractivity contribution in [1.29, 1.82) is 0 Å². The van der Waals surface area contributed by atoms with Gasteiger partial charge in [0.2, 0.25) is 0 Å². The number of rotatable bonds is 6. The lowest BCUT2D eigenvalue weighted by molar-refractivity contribution is -0.384. The van der Waals surface area contributed by atoms with Crippen molar-refractivity contribution in [1.82, 2.24) is 5.32 Å². The van der Waals surface area contributed by atoms with Crippen LogP contribution in [0.4, 0.5) is 11.4 Å². The average Bonchev–Trinajstić information content (AvgIpc) is 3.43. The standard InChI is InChI=1S/C18H23N3O5/c1-12-3-2-8-20(10-12)15-7-4-13(9-16(15)21(24)25)18(23)26-11-17(22)19-14-5-6-14/h4,7,9,12,14H,2-3,5-6,8,10-11H2,1H3,(H,19,22)/t12-/m0/s1. The summed E-state index contributed by atoms with van der Waals surface area (Å²) in [5, 5.41) is 14.2. The molecular formula is C18H23N3O5. The van der Waals surface area contributed by atoms with Crippen molar-refractivity contribution < 1.29 is 19.2 Å². The maximum Gasteiger partial charge on any atom is 0.338 e. The Morgan fingerprint density at radius 2 is 2.12 bits per heavy atom. The number of anilines is 1. The summed E-state index contributed by atoms with van der Waals surface area (Å²) >= 11 is 0. The molecule has 1 aromatic rings. The molecule has 26 heavy (non-hydrogen) atoms. The molecule has 1 saturated carbocycles. The molecule has 1 atom stereocenters. The smallest absolute Gasteiger partial charge is 0.338 e. The van der Waals surface area contributed by atoms with E-state index in [1.165, 1.54) is 12.1 Å².